The second-order valence-electron chi connectivity index (χ2n) is 7.29. The standard InChI is InChI=1S/C24H29N5O2/c1-5-14-29-16-19(18(3)28-29)15-25-24(26-20-10-12-21(31-4)13-11-20)27-23(30)22-9-7-6-8-17(22)2/h6-13,16H,5,14-15H2,1-4H3,(H2,25,26,27,30). The number of benzene rings is 2. The molecule has 1 aromatic heterocycles. The van der Waals surface area contributed by atoms with E-state index in [1.807, 2.05) is 67.2 Å². The van der Waals surface area contributed by atoms with Crippen molar-refractivity contribution in [3.05, 3.63) is 77.1 Å². The van der Waals surface area contributed by atoms with Crippen LogP contribution < -0.4 is 15.4 Å². The number of methoxy groups -OCH3 is 1. The second kappa shape index (κ2) is 10.4. The van der Waals surface area contributed by atoms with E-state index in [4.69, 9.17) is 4.74 Å². The fourth-order valence-electron chi connectivity index (χ4n) is 3.15. The Morgan fingerprint density at radius 2 is 1.87 bits per heavy atom. The molecule has 1 amide bonds. The first-order valence-corrected chi connectivity index (χ1v) is 10.4. The molecule has 3 rings (SSSR count). The van der Waals surface area contributed by atoms with E-state index in [0.29, 0.717) is 18.1 Å². The lowest BCUT2D eigenvalue weighted by Gasteiger charge is -2.13. The van der Waals surface area contributed by atoms with Gasteiger partial charge in [0.2, 0.25) is 5.96 Å². The highest BCUT2D eigenvalue weighted by Gasteiger charge is 2.12. The minimum Gasteiger partial charge on any atom is -0.497 e. The van der Waals surface area contributed by atoms with Crippen molar-refractivity contribution in [3.8, 4) is 5.75 Å². The quantitative estimate of drug-likeness (QED) is 0.442. The largest absolute Gasteiger partial charge is 0.497 e. The smallest absolute Gasteiger partial charge is 0.258 e. The van der Waals surface area contributed by atoms with E-state index >= 15 is 0 Å². The van der Waals surface area contributed by atoms with Gasteiger partial charge < -0.3 is 10.1 Å². The minimum absolute atomic E-state index is 0.212. The van der Waals surface area contributed by atoms with E-state index in [0.717, 1.165) is 41.2 Å². The van der Waals surface area contributed by atoms with Crippen molar-refractivity contribution >= 4 is 17.6 Å². The van der Waals surface area contributed by atoms with Crippen LogP contribution in [0.3, 0.4) is 0 Å². The molecule has 0 saturated heterocycles. The van der Waals surface area contributed by atoms with Gasteiger partial charge in [-0.3, -0.25) is 14.8 Å². The van der Waals surface area contributed by atoms with Crippen molar-refractivity contribution in [1.29, 1.82) is 0 Å². The molecule has 3 aromatic rings. The van der Waals surface area contributed by atoms with Crippen molar-refractivity contribution in [2.24, 2.45) is 4.99 Å². The Labute approximate surface area is 183 Å². The number of carbonyl (C=O) groups is 1. The molecule has 0 radical (unpaired) electrons. The average Bonchev–Trinajstić information content (AvgIpc) is 3.12. The van der Waals surface area contributed by atoms with Crippen molar-refractivity contribution in [1.82, 2.24) is 15.1 Å². The molecule has 2 N–H and O–H groups in total. The number of ether oxygens (including phenoxy) is 1. The fourth-order valence-corrected chi connectivity index (χ4v) is 3.15. The van der Waals surface area contributed by atoms with Crippen LogP contribution in [0.25, 0.3) is 0 Å². The third-order valence-corrected chi connectivity index (χ3v) is 4.88. The summed E-state index contributed by atoms with van der Waals surface area (Å²) in [4.78, 5) is 17.5. The maximum absolute atomic E-state index is 12.9. The molecule has 2 aromatic carbocycles. The molecule has 0 aliphatic carbocycles. The molecule has 7 heteroatoms. The van der Waals surface area contributed by atoms with Crippen LogP contribution in [-0.2, 0) is 13.1 Å². The van der Waals surface area contributed by atoms with Crippen molar-refractivity contribution in [3.63, 3.8) is 0 Å². The molecule has 0 bridgehead atoms. The van der Waals surface area contributed by atoms with Crippen LogP contribution in [0.1, 0.15) is 40.5 Å². The number of anilines is 1. The molecule has 1 heterocycles. The predicted molar refractivity (Wildman–Crippen MR) is 124 cm³/mol. The number of amides is 1. The Morgan fingerprint density at radius 3 is 2.55 bits per heavy atom. The van der Waals surface area contributed by atoms with E-state index in [2.05, 4.69) is 27.6 Å². The summed E-state index contributed by atoms with van der Waals surface area (Å²) in [5.41, 5.74) is 4.26. The summed E-state index contributed by atoms with van der Waals surface area (Å²) >= 11 is 0. The van der Waals surface area contributed by atoms with E-state index in [1.54, 1.807) is 13.2 Å². The van der Waals surface area contributed by atoms with Crippen LogP contribution in [-0.4, -0.2) is 28.8 Å². The van der Waals surface area contributed by atoms with Gasteiger partial charge in [0.25, 0.3) is 5.91 Å². The highest BCUT2D eigenvalue weighted by Crippen LogP contribution is 2.15. The molecule has 7 nitrogen and oxygen atoms in total. The predicted octanol–water partition coefficient (Wildman–Crippen LogP) is 4.32. The SMILES string of the molecule is CCCn1cc(CN=C(NC(=O)c2ccccc2C)Nc2ccc(OC)cc2)c(C)n1. The molecule has 0 atom stereocenters. The van der Waals surface area contributed by atoms with Crippen LogP contribution in [0.15, 0.2) is 59.7 Å². The lowest BCUT2D eigenvalue weighted by atomic mass is 10.1. The van der Waals surface area contributed by atoms with Crippen LogP contribution in [0.4, 0.5) is 5.69 Å². The number of nitrogens with zero attached hydrogens (tertiary/aromatic N) is 3. The summed E-state index contributed by atoms with van der Waals surface area (Å²) in [6, 6.07) is 14.9. The first-order valence-electron chi connectivity index (χ1n) is 10.4. The molecule has 31 heavy (non-hydrogen) atoms. The molecule has 0 aliphatic heterocycles. The molecule has 162 valence electrons. The number of aryl methyl sites for hydroxylation is 3. The number of aromatic nitrogens is 2. The Hall–Kier alpha value is -3.61. The molecule has 0 fully saturated rings. The van der Waals surface area contributed by atoms with Gasteiger partial charge in [0.15, 0.2) is 0 Å². The van der Waals surface area contributed by atoms with Gasteiger partial charge in [0.05, 0.1) is 19.3 Å². The Bertz CT molecular complexity index is 1050. The first kappa shape index (κ1) is 22.1. The zero-order chi connectivity index (χ0) is 22.2. The average molecular weight is 420 g/mol. The topological polar surface area (TPSA) is 80.5 Å². The molecule has 0 unspecified atom stereocenters. The number of aliphatic imine (C=N–C) groups is 1. The van der Waals surface area contributed by atoms with Gasteiger partial charge in [0.1, 0.15) is 5.75 Å². The number of rotatable bonds is 7. The number of hydrogen-bond acceptors (Lipinski definition) is 4. The number of nitrogens with one attached hydrogen (secondary N) is 2. The second-order valence-corrected chi connectivity index (χ2v) is 7.29. The van der Waals surface area contributed by atoms with Crippen LogP contribution in [0.2, 0.25) is 0 Å². The number of hydrogen-bond donors (Lipinski definition) is 2. The van der Waals surface area contributed by atoms with Gasteiger partial charge >= 0.3 is 0 Å². The Morgan fingerprint density at radius 1 is 1.13 bits per heavy atom. The van der Waals surface area contributed by atoms with Gasteiger partial charge in [-0.05, 0) is 56.2 Å². The van der Waals surface area contributed by atoms with E-state index in [1.165, 1.54) is 0 Å². The van der Waals surface area contributed by atoms with Crippen LogP contribution in [0, 0.1) is 13.8 Å². The molecular weight excluding hydrogens is 390 g/mol. The summed E-state index contributed by atoms with van der Waals surface area (Å²) in [5.74, 6) is 0.921. The highest BCUT2D eigenvalue weighted by molar-refractivity contribution is 6.10. The molecule has 0 saturated carbocycles. The van der Waals surface area contributed by atoms with Crippen molar-refractivity contribution in [2.75, 3.05) is 12.4 Å². The number of carbonyl (C=O) groups excluding carboxylic acids is 1. The summed E-state index contributed by atoms with van der Waals surface area (Å²) in [6.45, 7) is 7.27. The lowest BCUT2D eigenvalue weighted by molar-refractivity contribution is 0.0976. The van der Waals surface area contributed by atoms with Crippen LogP contribution in [0.5, 0.6) is 5.75 Å². The molecule has 0 spiro atoms. The summed E-state index contributed by atoms with van der Waals surface area (Å²) in [5, 5.41) is 10.6. The van der Waals surface area contributed by atoms with E-state index in [-0.39, 0.29) is 5.91 Å². The van der Waals surface area contributed by atoms with Crippen LogP contribution >= 0.6 is 0 Å². The third kappa shape index (κ3) is 5.94. The van der Waals surface area contributed by atoms with Crippen molar-refractivity contribution < 1.29 is 9.53 Å². The summed E-state index contributed by atoms with van der Waals surface area (Å²) < 4.78 is 7.15. The highest BCUT2D eigenvalue weighted by atomic mass is 16.5. The van der Waals surface area contributed by atoms with Gasteiger partial charge in [-0.1, -0.05) is 25.1 Å². The zero-order valence-electron chi connectivity index (χ0n) is 18.5. The minimum atomic E-state index is -0.212. The monoisotopic (exact) mass is 419 g/mol. The van der Waals surface area contributed by atoms with Crippen molar-refractivity contribution in [2.45, 2.75) is 40.3 Å². The molecular formula is C24H29N5O2. The van der Waals surface area contributed by atoms with Gasteiger partial charge in [0, 0.05) is 29.6 Å². The van der Waals surface area contributed by atoms with Gasteiger partial charge in [-0.2, -0.15) is 5.10 Å². The van der Waals surface area contributed by atoms with E-state index < -0.39 is 0 Å². The normalized spacial score (nSPS) is 11.3. The zero-order valence-corrected chi connectivity index (χ0v) is 18.5. The maximum atomic E-state index is 12.9. The molecule has 0 aliphatic rings. The number of guanidine groups is 1. The maximum Gasteiger partial charge on any atom is 0.258 e. The summed E-state index contributed by atoms with van der Waals surface area (Å²) in [6.07, 6.45) is 3.02. The summed E-state index contributed by atoms with van der Waals surface area (Å²) in [7, 11) is 1.62. The lowest BCUT2D eigenvalue weighted by Crippen LogP contribution is -2.36. The van der Waals surface area contributed by atoms with E-state index in [9.17, 15) is 4.79 Å². The Kier molecular flexibility index (Phi) is 7.43. The first-order chi connectivity index (χ1) is 15.0. The third-order valence-electron chi connectivity index (χ3n) is 4.88. The van der Waals surface area contributed by atoms with Gasteiger partial charge in [-0.15, -0.1) is 0 Å². The van der Waals surface area contributed by atoms with Gasteiger partial charge in [-0.25, -0.2) is 4.99 Å². The fraction of sp³-hybridized carbons (Fsp3) is 0.292. The Balaban J connectivity index is 1.82.